The van der Waals surface area contributed by atoms with Crippen molar-refractivity contribution in [2.24, 2.45) is 17.8 Å². The highest BCUT2D eigenvalue weighted by Crippen LogP contribution is 2.45. The maximum atomic E-state index is 15.0. The minimum absolute atomic E-state index is 0.0816. The molecule has 0 bridgehead atoms. The van der Waals surface area contributed by atoms with Crippen LogP contribution >= 0.6 is 0 Å². The fourth-order valence-electron chi connectivity index (χ4n) is 6.92. The van der Waals surface area contributed by atoms with Crippen molar-refractivity contribution in [2.45, 2.75) is 148 Å². The summed E-state index contributed by atoms with van der Waals surface area (Å²) in [5.41, 5.74) is 0.573. The van der Waals surface area contributed by atoms with Crippen molar-refractivity contribution in [3.8, 4) is 5.75 Å². The lowest BCUT2D eigenvalue weighted by Crippen LogP contribution is -2.25. The largest absolute Gasteiger partial charge is 0.490 e. The van der Waals surface area contributed by atoms with Crippen LogP contribution in [-0.4, -0.2) is 6.61 Å². The third kappa shape index (κ3) is 9.32. The van der Waals surface area contributed by atoms with E-state index >= 15 is 0 Å². The van der Waals surface area contributed by atoms with Crippen molar-refractivity contribution in [1.82, 2.24) is 0 Å². The summed E-state index contributed by atoms with van der Waals surface area (Å²) in [4.78, 5) is 0. The minimum Gasteiger partial charge on any atom is -0.490 e. The average molecular weight is 505 g/mol. The second-order valence-electron chi connectivity index (χ2n) is 12.0. The zero-order valence-electron chi connectivity index (χ0n) is 23.5. The highest BCUT2D eigenvalue weighted by atomic mass is 19.2. The van der Waals surface area contributed by atoms with Crippen molar-refractivity contribution in [1.29, 1.82) is 0 Å². The number of unbranched alkanes of at least 4 members (excludes halogenated alkanes) is 9. The molecule has 0 unspecified atom stereocenters. The Morgan fingerprint density at radius 2 is 1.19 bits per heavy atom. The molecule has 0 atom stereocenters. The molecular weight excluding hydrogens is 450 g/mol. The molecule has 2 fully saturated rings. The summed E-state index contributed by atoms with van der Waals surface area (Å²) >= 11 is 0. The topological polar surface area (TPSA) is 9.23 Å². The smallest absolute Gasteiger partial charge is 0.200 e. The van der Waals surface area contributed by atoms with Crippen molar-refractivity contribution in [2.75, 3.05) is 6.61 Å². The van der Waals surface area contributed by atoms with E-state index in [0.717, 1.165) is 43.4 Å². The maximum absolute atomic E-state index is 15.0. The van der Waals surface area contributed by atoms with Crippen LogP contribution < -0.4 is 4.74 Å². The van der Waals surface area contributed by atoms with E-state index in [-0.39, 0.29) is 11.7 Å². The maximum Gasteiger partial charge on any atom is 0.200 e. The van der Waals surface area contributed by atoms with Crippen LogP contribution in [0.1, 0.15) is 154 Å². The first kappa shape index (κ1) is 29.4. The van der Waals surface area contributed by atoms with Gasteiger partial charge in [0.25, 0.3) is 0 Å². The van der Waals surface area contributed by atoms with E-state index in [1.807, 2.05) is 0 Å². The molecule has 3 heteroatoms. The lowest BCUT2D eigenvalue weighted by molar-refractivity contribution is 0.155. The van der Waals surface area contributed by atoms with E-state index in [4.69, 9.17) is 4.74 Å². The molecule has 0 amide bonds. The van der Waals surface area contributed by atoms with Crippen molar-refractivity contribution in [3.63, 3.8) is 0 Å². The molecular formula is C33H54F2O. The van der Waals surface area contributed by atoms with E-state index < -0.39 is 11.6 Å². The van der Waals surface area contributed by atoms with Gasteiger partial charge in [0, 0.05) is 0 Å². The molecule has 2 aliphatic rings. The summed E-state index contributed by atoms with van der Waals surface area (Å²) in [5, 5.41) is 0. The summed E-state index contributed by atoms with van der Waals surface area (Å²) < 4.78 is 35.2. The minimum atomic E-state index is -0.785. The quantitative estimate of drug-likeness (QED) is 0.203. The predicted molar refractivity (Wildman–Crippen MR) is 149 cm³/mol. The highest BCUT2D eigenvalue weighted by Gasteiger charge is 2.32. The fraction of sp³-hybridized carbons (Fsp3) is 0.818. The molecule has 0 radical (unpaired) electrons. The third-order valence-electron chi connectivity index (χ3n) is 9.32. The molecule has 3 rings (SSSR count). The Bertz CT molecular complexity index is 717. The summed E-state index contributed by atoms with van der Waals surface area (Å²) in [7, 11) is 0. The Balaban J connectivity index is 1.36. The van der Waals surface area contributed by atoms with Gasteiger partial charge in [0.05, 0.1) is 6.61 Å². The van der Waals surface area contributed by atoms with Gasteiger partial charge in [-0.2, -0.15) is 4.39 Å². The number of ether oxygens (including phenoxy) is 1. The first-order chi connectivity index (χ1) is 17.6. The molecule has 0 spiro atoms. The van der Waals surface area contributed by atoms with E-state index in [2.05, 4.69) is 13.8 Å². The van der Waals surface area contributed by atoms with Crippen LogP contribution in [0.15, 0.2) is 12.1 Å². The zero-order chi connectivity index (χ0) is 25.6. The van der Waals surface area contributed by atoms with Crippen LogP contribution in [0.4, 0.5) is 8.78 Å². The average Bonchev–Trinajstić information content (AvgIpc) is 2.91. The summed E-state index contributed by atoms with van der Waals surface area (Å²) in [5.74, 6) is 1.39. The number of hydrogen-bond donors (Lipinski definition) is 0. The van der Waals surface area contributed by atoms with Crippen LogP contribution in [0.5, 0.6) is 5.75 Å². The van der Waals surface area contributed by atoms with Crippen LogP contribution in [0.25, 0.3) is 0 Å². The Morgan fingerprint density at radius 3 is 1.83 bits per heavy atom. The standard InChI is InChI=1S/C33H54F2O/c1-3-5-7-9-10-12-14-26-15-17-27(18-16-26)28-19-21-29(22-20-28)30-23-24-31(33(35)32(30)34)36-25-13-11-8-6-4-2/h23-24,26-29H,3-22,25H2,1-2H3. The number of rotatable bonds is 16. The van der Waals surface area contributed by atoms with E-state index in [1.165, 1.54) is 103 Å². The van der Waals surface area contributed by atoms with Crippen LogP contribution in [0.3, 0.4) is 0 Å². The summed E-state index contributed by atoms with van der Waals surface area (Å²) in [6.07, 6.45) is 25.4. The van der Waals surface area contributed by atoms with Crippen molar-refractivity contribution in [3.05, 3.63) is 29.3 Å². The van der Waals surface area contributed by atoms with Gasteiger partial charge in [0.1, 0.15) is 0 Å². The number of halogens is 2. The monoisotopic (exact) mass is 504 g/mol. The molecule has 0 saturated heterocycles. The van der Waals surface area contributed by atoms with Gasteiger partial charge in [-0.3, -0.25) is 0 Å². The normalized spacial score (nSPS) is 24.7. The molecule has 0 N–H and O–H groups in total. The highest BCUT2D eigenvalue weighted by molar-refractivity contribution is 5.33. The first-order valence-corrected chi connectivity index (χ1v) is 15.7. The molecule has 0 aliphatic heterocycles. The molecule has 2 saturated carbocycles. The third-order valence-corrected chi connectivity index (χ3v) is 9.32. The van der Waals surface area contributed by atoms with Crippen LogP contribution in [0.2, 0.25) is 0 Å². The molecule has 1 aromatic carbocycles. The predicted octanol–water partition coefficient (Wildman–Crippen LogP) is 11.1. The Morgan fingerprint density at radius 1 is 0.639 bits per heavy atom. The van der Waals surface area contributed by atoms with Crippen LogP contribution in [0, 0.1) is 29.4 Å². The van der Waals surface area contributed by atoms with Gasteiger partial charge in [-0.05, 0) is 80.2 Å². The van der Waals surface area contributed by atoms with Gasteiger partial charge in [0.2, 0.25) is 5.82 Å². The fourth-order valence-corrected chi connectivity index (χ4v) is 6.92. The lowest BCUT2D eigenvalue weighted by Gasteiger charge is -2.38. The first-order valence-electron chi connectivity index (χ1n) is 15.7. The Kier molecular flexibility index (Phi) is 13.6. The van der Waals surface area contributed by atoms with E-state index in [1.54, 1.807) is 12.1 Å². The SMILES string of the molecule is CCCCCCCCC1CCC(C2CCC(c3ccc(OCCCCCCC)c(F)c3F)CC2)CC1. The second-order valence-corrected chi connectivity index (χ2v) is 12.0. The second kappa shape index (κ2) is 16.7. The van der Waals surface area contributed by atoms with Gasteiger partial charge < -0.3 is 4.74 Å². The Hall–Kier alpha value is -1.12. The van der Waals surface area contributed by atoms with Gasteiger partial charge >= 0.3 is 0 Å². The van der Waals surface area contributed by atoms with Gasteiger partial charge in [0.15, 0.2) is 11.6 Å². The van der Waals surface area contributed by atoms with Gasteiger partial charge in [-0.15, -0.1) is 0 Å². The van der Waals surface area contributed by atoms with E-state index in [9.17, 15) is 8.78 Å². The molecule has 2 aliphatic carbocycles. The lowest BCUT2D eigenvalue weighted by atomic mass is 9.68. The number of benzene rings is 1. The van der Waals surface area contributed by atoms with E-state index in [0.29, 0.717) is 12.2 Å². The van der Waals surface area contributed by atoms with Crippen molar-refractivity contribution >= 4 is 0 Å². The molecule has 0 aromatic heterocycles. The molecule has 1 nitrogen and oxygen atoms in total. The molecule has 0 heterocycles. The molecule has 206 valence electrons. The summed E-state index contributed by atoms with van der Waals surface area (Å²) in [6, 6.07) is 3.46. The van der Waals surface area contributed by atoms with Crippen LogP contribution in [-0.2, 0) is 0 Å². The summed E-state index contributed by atoms with van der Waals surface area (Å²) in [6.45, 7) is 4.93. The zero-order valence-corrected chi connectivity index (χ0v) is 23.5. The van der Waals surface area contributed by atoms with Gasteiger partial charge in [-0.1, -0.05) is 103 Å². The molecule has 1 aromatic rings. The van der Waals surface area contributed by atoms with Crippen molar-refractivity contribution < 1.29 is 13.5 Å². The van der Waals surface area contributed by atoms with Gasteiger partial charge in [-0.25, -0.2) is 4.39 Å². The molecule has 36 heavy (non-hydrogen) atoms. The Labute approximate surface area is 221 Å². The number of hydrogen-bond acceptors (Lipinski definition) is 1.